The molecule has 104 valence electrons. The fourth-order valence-corrected chi connectivity index (χ4v) is 3.44. The van der Waals surface area contributed by atoms with Crippen LogP contribution in [-0.4, -0.2) is 11.5 Å². The number of hydrogen-bond donors (Lipinski definition) is 1. The van der Waals surface area contributed by atoms with Crippen molar-refractivity contribution in [1.82, 2.24) is 10.3 Å². The summed E-state index contributed by atoms with van der Waals surface area (Å²) in [5.74, 6) is 0.675. The smallest absolute Gasteiger partial charge is 0.0410 e. The van der Waals surface area contributed by atoms with E-state index in [4.69, 9.17) is 0 Å². The third-order valence-corrected chi connectivity index (χ3v) is 4.49. The van der Waals surface area contributed by atoms with Crippen LogP contribution in [0.2, 0.25) is 0 Å². The summed E-state index contributed by atoms with van der Waals surface area (Å²) in [5, 5.41) is 3.60. The monoisotopic (exact) mass is 330 g/mol. The summed E-state index contributed by atoms with van der Waals surface area (Å²) < 4.78 is 1.05. The minimum atomic E-state index is 0.378. The zero-order valence-electron chi connectivity index (χ0n) is 11.6. The van der Waals surface area contributed by atoms with Gasteiger partial charge in [0, 0.05) is 22.9 Å². The number of rotatable bonds is 5. The molecule has 0 amide bonds. The quantitative estimate of drug-likeness (QED) is 0.887. The van der Waals surface area contributed by atoms with Gasteiger partial charge < -0.3 is 5.32 Å². The second-order valence-corrected chi connectivity index (χ2v) is 6.30. The molecule has 2 atom stereocenters. The van der Waals surface area contributed by atoms with Crippen LogP contribution in [0.5, 0.6) is 0 Å². The second-order valence-electron chi connectivity index (χ2n) is 5.38. The highest BCUT2D eigenvalue weighted by molar-refractivity contribution is 9.10. The van der Waals surface area contributed by atoms with Gasteiger partial charge in [0.1, 0.15) is 0 Å². The predicted octanol–water partition coefficient (Wildman–Crippen LogP) is 4.22. The normalized spacial score (nSPS) is 18.2. The number of aromatic nitrogens is 1. The van der Waals surface area contributed by atoms with Gasteiger partial charge in [-0.1, -0.05) is 31.2 Å². The number of benzene rings is 1. The summed E-state index contributed by atoms with van der Waals surface area (Å²) in [4.78, 5) is 4.30. The van der Waals surface area contributed by atoms with E-state index in [0.717, 1.165) is 17.4 Å². The van der Waals surface area contributed by atoms with Crippen LogP contribution in [0.1, 0.15) is 42.0 Å². The summed E-state index contributed by atoms with van der Waals surface area (Å²) >= 11 is 3.51. The summed E-state index contributed by atoms with van der Waals surface area (Å²) in [7, 11) is 0. The van der Waals surface area contributed by atoms with Gasteiger partial charge in [0.15, 0.2) is 0 Å². The highest BCUT2D eigenvalue weighted by Gasteiger charge is 2.28. The topological polar surface area (TPSA) is 24.9 Å². The van der Waals surface area contributed by atoms with Crippen molar-refractivity contribution in [3.8, 4) is 0 Å². The van der Waals surface area contributed by atoms with Crippen molar-refractivity contribution in [2.24, 2.45) is 0 Å². The lowest BCUT2D eigenvalue weighted by molar-refractivity contribution is 0.435. The molecular formula is C17H19BrN2. The van der Waals surface area contributed by atoms with E-state index in [-0.39, 0.29) is 0 Å². The number of nitrogens with one attached hydrogen (secondary N) is 1. The number of fused-ring (bicyclic) bond motifs is 1. The van der Waals surface area contributed by atoms with Crippen molar-refractivity contribution in [3.63, 3.8) is 0 Å². The lowest BCUT2D eigenvalue weighted by Crippen LogP contribution is -2.27. The van der Waals surface area contributed by atoms with Gasteiger partial charge in [-0.15, -0.1) is 0 Å². The van der Waals surface area contributed by atoms with E-state index < -0.39 is 0 Å². The molecule has 20 heavy (non-hydrogen) atoms. The molecule has 0 radical (unpaired) electrons. The first-order chi connectivity index (χ1) is 9.78. The average molecular weight is 331 g/mol. The molecule has 1 aromatic carbocycles. The molecule has 0 saturated heterocycles. The van der Waals surface area contributed by atoms with Gasteiger partial charge >= 0.3 is 0 Å². The van der Waals surface area contributed by atoms with E-state index in [9.17, 15) is 0 Å². The first-order valence-corrected chi connectivity index (χ1v) is 7.99. The van der Waals surface area contributed by atoms with Gasteiger partial charge in [0.25, 0.3) is 0 Å². The van der Waals surface area contributed by atoms with Gasteiger partial charge in [0.2, 0.25) is 0 Å². The molecule has 0 fully saturated rings. The molecule has 0 bridgehead atoms. The molecule has 2 nitrogen and oxygen atoms in total. The standard InChI is InChI=1S/C17H19BrN2/c1-2-20-17(14-8-15(18)11-19-10-14)9-13-7-12-5-3-4-6-16(12)13/h3-6,8,10-11,13,17,20H,2,7,9H2,1H3. The second kappa shape index (κ2) is 6.06. The lowest BCUT2D eigenvalue weighted by Gasteiger charge is -2.33. The summed E-state index contributed by atoms with van der Waals surface area (Å²) in [6.45, 7) is 3.14. The van der Waals surface area contributed by atoms with E-state index in [0.29, 0.717) is 12.0 Å². The molecule has 2 aromatic rings. The van der Waals surface area contributed by atoms with Gasteiger partial charge in [-0.2, -0.15) is 0 Å². The number of nitrogens with zero attached hydrogens (tertiary/aromatic N) is 1. The fraction of sp³-hybridized carbons (Fsp3) is 0.353. The Morgan fingerprint density at radius 1 is 1.35 bits per heavy atom. The Kier molecular flexibility index (Phi) is 4.18. The fourth-order valence-electron chi connectivity index (χ4n) is 3.06. The van der Waals surface area contributed by atoms with E-state index in [1.165, 1.54) is 23.1 Å². The molecule has 1 heterocycles. The number of hydrogen-bond acceptors (Lipinski definition) is 2. The van der Waals surface area contributed by atoms with Crippen LogP contribution in [0.25, 0.3) is 0 Å². The van der Waals surface area contributed by atoms with Crippen LogP contribution >= 0.6 is 15.9 Å². The van der Waals surface area contributed by atoms with Crippen LogP contribution in [-0.2, 0) is 6.42 Å². The molecule has 3 rings (SSSR count). The summed E-state index contributed by atoms with van der Waals surface area (Å²) in [6, 6.07) is 11.3. The van der Waals surface area contributed by atoms with Gasteiger partial charge in [0.05, 0.1) is 0 Å². The summed E-state index contributed by atoms with van der Waals surface area (Å²) in [5.41, 5.74) is 4.31. The molecule has 0 spiro atoms. The Morgan fingerprint density at radius 3 is 2.95 bits per heavy atom. The Bertz CT molecular complexity index is 597. The Morgan fingerprint density at radius 2 is 2.20 bits per heavy atom. The maximum Gasteiger partial charge on any atom is 0.0410 e. The van der Waals surface area contributed by atoms with E-state index >= 15 is 0 Å². The lowest BCUT2D eigenvalue weighted by atomic mass is 9.74. The molecule has 1 N–H and O–H groups in total. The van der Waals surface area contributed by atoms with Crippen molar-refractivity contribution >= 4 is 15.9 Å². The zero-order chi connectivity index (χ0) is 13.9. The minimum absolute atomic E-state index is 0.378. The van der Waals surface area contributed by atoms with Gasteiger partial charge in [-0.25, -0.2) is 0 Å². The Labute approximate surface area is 128 Å². The van der Waals surface area contributed by atoms with Crippen LogP contribution in [0.4, 0.5) is 0 Å². The van der Waals surface area contributed by atoms with Crippen molar-refractivity contribution in [2.45, 2.75) is 31.7 Å². The first kappa shape index (κ1) is 13.8. The van der Waals surface area contributed by atoms with Crippen molar-refractivity contribution in [2.75, 3.05) is 6.54 Å². The third-order valence-electron chi connectivity index (χ3n) is 4.06. The van der Waals surface area contributed by atoms with Crippen LogP contribution < -0.4 is 5.32 Å². The number of pyridine rings is 1. The van der Waals surface area contributed by atoms with E-state index in [1.807, 2.05) is 12.4 Å². The molecule has 1 aliphatic carbocycles. The minimum Gasteiger partial charge on any atom is -0.310 e. The average Bonchev–Trinajstić information content (AvgIpc) is 2.43. The predicted molar refractivity (Wildman–Crippen MR) is 85.9 cm³/mol. The molecule has 2 unspecified atom stereocenters. The van der Waals surface area contributed by atoms with Gasteiger partial charge in [-0.05, 0) is 64.0 Å². The SMILES string of the molecule is CCNC(CC1Cc2ccccc21)c1cncc(Br)c1. The highest BCUT2D eigenvalue weighted by atomic mass is 79.9. The zero-order valence-corrected chi connectivity index (χ0v) is 13.2. The molecular weight excluding hydrogens is 312 g/mol. The molecule has 3 heteroatoms. The van der Waals surface area contributed by atoms with Crippen LogP contribution in [0.3, 0.4) is 0 Å². The van der Waals surface area contributed by atoms with Crippen molar-refractivity contribution in [3.05, 3.63) is 63.9 Å². The van der Waals surface area contributed by atoms with Crippen molar-refractivity contribution in [1.29, 1.82) is 0 Å². The van der Waals surface area contributed by atoms with E-state index in [1.54, 1.807) is 0 Å². The highest BCUT2D eigenvalue weighted by Crippen LogP contribution is 2.40. The third kappa shape index (κ3) is 2.79. The van der Waals surface area contributed by atoms with Gasteiger partial charge in [-0.3, -0.25) is 4.98 Å². The van der Waals surface area contributed by atoms with Crippen LogP contribution in [0, 0.1) is 0 Å². The molecule has 0 aliphatic heterocycles. The van der Waals surface area contributed by atoms with Crippen LogP contribution in [0.15, 0.2) is 47.2 Å². The molecule has 1 aliphatic rings. The largest absolute Gasteiger partial charge is 0.310 e. The Balaban J connectivity index is 1.76. The van der Waals surface area contributed by atoms with E-state index in [2.05, 4.69) is 63.5 Å². The maximum atomic E-state index is 4.30. The Hall–Kier alpha value is -1.19. The molecule has 0 saturated carbocycles. The van der Waals surface area contributed by atoms with Crippen molar-refractivity contribution < 1.29 is 0 Å². The first-order valence-electron chi connectivity index (χ1n) is 7.19. The molecule has 1 aromatic heterocycles. The maximum absolute atomic E-state index is 4.30. The summed E-state index contributed by atoms with van der Waals surface area (Å²) in [6.07, 6.45) is 6.16. The number of halogens is 1.